The molecule has 1 atom stereocenters. The summed E-state index contributed by atoms with van der Waals surface area (Å²) in [6.45, 7) is 8.99. The van der Waals surface area contributed by atoms with Crippen molar-refractivity contribution < 1.29 is 14.3 Å². The molecule has 0 aromatic carbocycles. The van der Waals surface area contributed by atoms with Gasteiger partial charge in [0.2, 0.25) is 0 Å². The predicted molar refractivity (Wildman–Crippen MR) is 84.4 cm³/mol. The molecule has 1 saturated carbocycles. The van der Waals surface area contributed by atoms with Crippen molar-refractivity contribution in [1.29, 1.82) is 0 Å². The molecule has 1 aliphatic carbocycles. The van der Waals surface area contributed by atoms with Crippen molar-refractivity contribution >= 4 is 5.97 Å². The van der Waals surface area contributed by atoms with Gasteiger partial charge in [0.1, 0.15) is 5.54 Å². The van der Waals surface area contributed by atoms with Gasteiger partial charge in [0.05, 0.1) is 13.7 Å². The molecule has 0 aliphatic heterocycles. The van der Waals surface area contributed by atoms with Crippen LogP contribution in [-0.4, -0.2) is 62.4 Å². The first-order valence-electron chi connectivity index (χ1n) is 8.02. The Morgan fingerprint density at radius 2 is 2.00 bits per heavy atom. The molecule has 124 valence electrons. The number of hydrogen-bond acceptors (Lipinski definition) is 5. The molecule has 5 nitrogen and oxygen atoms in total. The highest BCUT2D eigenvalue weighted by atomic mass is 16.5. The summed E-state index contributed by atoms with van der Waals surface area (Å²) in [4.78, 5) is 14.4. The van der Waals surface area contributed by atoms with Crippen LogP contribution in [0.25, 0.3) is 0 Å². The molecule has 0 aromatic heterocycles. The first-order valence-corrected chi connectivity index (χ1v) is 8.02. The molecule has 0 bridgehead atoms. The fourth-order valence-electron chi connectivity index (χ4n) is 2.61. The minimum atomic E-state index is -0.556. The number of nitrogens with one attached hydrogen (secondary N) is 1. The average Bonchev–Trinajstić information content (AvgIpc) is 3.24. The van der Waals surface area contributed by atoms with E-state index in [1.807, 2.05) is 6.92 Å². The van der Waals surface area contributed by atoms with Crippen LogP contribution in [-0.2, 0) is 14.3 Å². The molecule has 1 unspecified atom stereocenters. The van der Waals surface area contributed by atoms with Crippen LogP contribution in [0.15, 0.2) is 0 Å². The van der Waals surface area contributed by atoms with Gasteiger partial charge in [0.15, 0.2) is 0 Å². The van der Waals surface area contributed by atoms with Crippen molar-refractivity contribution in [2.75, 3.05) is 33.9 Å². The zero-order valence-corrected chi connectivity index (χ0v) is 14.3. The molecule has 1 rings (SSSR count). The van der Waals surface area contributed by atoms with Crippen LogP contribution >= 0.6 is 0 Å². The second-order valence-electron chi connectivity index (χ2n) is 6.47. The molecular formula is C16H32N2O3. The van der Waals surface area contributed by atoms with Crippen molar-refractivity contribution in [2.45, 2.75) is 64.1 Å². The van der Waals surface area contributed by atoms with Gasteiger partial charge >= 0.3 is 5.97 Å². The van der Waals surface area contributed by atoms with Gasteiger partial charge in [0.25, 0.3) is 0 Å². The zero-order chi connectivity index (χ0) is 15.9. The zero-order valence-electron chi connectivity index (χ0n) is 14.3. The van der Waals surface area contributed by atoms with E-state index in [4.69, 9.17) is 9.47 Å². The van der Waals surface area contributed by atoms with Gasteiger partial charge in [-0.25, -0.2) is 0 Å². The summed E-state index contributed by atoms with van der Waals surface area (Å²) in [6, 6.07) is 0.977. The number of carbonyl (C=O) groups excluding carboxylic acids is 1. The van der Waals surface area contributed by atoms with Gasteiger partial charge in [-0.1, -0.05) is 0 Å². The molecule has 0 amide bonds. The second kappa shape index (κ2) is 8.71. The van der Waals surface area contributed by atoms with Crippen LogP contribution in [0.4, 0.5) is 0 Å². The average molecular weight is 300 g/mol. The summed E-state index contributed by atoms with van der Waals surface area (Å²) in [5.74, 6) is -0.151. The fourth-order valence-corrected chi connectivity index (χ4v) is 2.61. The van der Waals surface area contributed by atoms with Gasteiger partial charge in [-0.2, -0.15) is 0 Å². The van der Waals surface area contributed by atoms with Crippen LogP contribution in [0, 0.1) is 0 Å². The van der Waals surface area contributed by atoms with Crippen LogP contribution < -0.4 is 5.32 Å². The predicted octanol–water partition coefficient (Wildman–Crippen LogP) is 1.81. The van der Waals surface area contributed by atoms with E-state index in [0.717, 1.165) is 32.5 Å². The molecule has 1 N–H and O–H groups in total. The van der Waals surface area contributed by atoms with E-state index in [1.54, 1.807) is 7.11 Å². The van der Waals surface area contributed by atoms with E-state index in [0.29, 0.717) is 12.1 Å². The number of methoxy groups -OCH3 is 2. The molecule has 0 radical (unpaired) electrons. The molecule has 5 heteroatoms. The van der Waals surface area contributed by atoms with E-state index in [-0.39, 0.29) is 5.97 Å². The lowest BCUT2D eigenvalue weighted by atomic mass is 9.95. The highest BCUT2D eigenvalue weighted by molar-refractivity contribution is 5.80. The number of esters is 1. The molecule has 0 heterocycles. The third kappa shape index (κ3) is 6.32. The minimum absolute atomic E-state index is 0.151. The van der Waals surface area contributed by atoms with E-state index in [1.165, 1.54) is 20.0 Å². The number of rotatable bonds is 11. The smallest absolute Gasteiger partial charge is 0.325 e. The maximum atomic E-state index is 12.1. The van der Waals surface area contributed by atoms with E-state index in [2.05, 4.69) is 24.1 Å². The molecular weight excluding hydrogens is 268 g/mol. The quantitative estimate of drug-likeness (QED) is 0.590. The normalized spacial score (nSPS) is 18.0. The lowest BCUT2D eigenvalue weighted by Crippen LogP contribution is -2.51. The molecule has 0 spiro atoms. The molecule has 1 aliphatic rings. The van der Waals surface area contributed by atoms with E-state index in [9.17, 15) is 4.79 Å². The van der Waals surface area contributed by atoms with Crippen molar-refractivity contribution in [3.05, 3.63) is 0 Å². The van der Waals surface area contributed by atoms with Crippen molar-refractivity contribution in [2.24, 2.45) is 0 Å². The van der Waals surface area contributed by atoms with Crippen molar-refractivity contribution in [3.63, 3.8) is 0 Å². The Hall–Kier alpha value is -0.650. The summed E-state index contributed by atoms with van der Waals surface area (Å²) in [5, 5.41) is 3.45. The lowest BCUT2D eigenvalue weighted by Gasteiger charge is -2.31. The van der Waals surface area contributed by atoms with Crippen molar-refractivity contribution in [3.8, 4) is 0 Å². The summed E-state index contributed by atoms with van der Waals surface area (Å²) < 4.78 is 10.1. The van der Waals surface area contributed by atoms with Crippen LogP contribution in [0.3, 0.4) is 0 Å². The summed E-state index contributed by atoms with van der Waals surface area (Å²) in [7, 11) is 3.19. The maximum absolute atomic E-state index is 12.1. The first kappa shape index (κ1) is 18.4. The Labute approximate surface area is 129 Å². The van der Waals surface area contributed by atoms with Crippen molar-refractivity contribution in [1.82, 2.24) is 10.2 Å². The number of carbonyl (C=O) groups is 1. The van der Waals surface area contributed by atoms with Crippen LogP contribution in [0.2, 0.25) is 0 Å². The van der Waals surface area contributed by atoms with Crippen LogP contribution in [0.5, 0.6) is 0 Å². The topological polar surface area (TPSA) is 50.8 Å². The summed E-state index contributed by atoms with van der Waals surface area (Å²) >= 11 is 0. The molecule has 21 heavy (non-hydrogen) atoms. The molecule has 0 aromatic rings. The standard InChI is InChI=1S/C16H32N2O3/c1-13(2)18(11-12-20-4)10-6-9-16(3,15(19)21-5)17-14-7-8-14/h13-14,17H,6-12H2,1-5H3. The van der Waals surface area contributed by atoms with Gasteiger partial charge in [0, 0.05) is 25.7 Å². The van der Waals surface area contributed by atoms with Gasteiger partial charge < -0.3 is 9.47 Å². The van der Waals surface area contributed by atoms with E-state index < -0.39 is 5.54 Å². The number of ether oxygens (including phenoxy) is 2. The highest BCUT2D eigenvalue weighted by Crippen LogP contribution is 2.25. The monoisotopic (exact) mass is 300 g/mol. The Kier molecular flexibility index (Phi) is 7.63. The fraction of sp³-hybridized carbons (Fsp3) is 0.938. The molecule has 1 fully saturated rings. The van der Waals surface area contributed by atoms with Gasteiger partial charge in [-0.05, 0) is 53.0 Å². The minimum Gasteiger partial charge on any atom is -0.468 e. The third-order valence-corrected chi connectivity index (χ3v) is 4.17. The van der Waals surface area contributed by atoms with Gasteiger partial charge in [-0.3, -0.25) is 15.0 Å². The summed E-state index contributed by atoms with van der Waals surface area (Å²) in [5.41, 5.74) is -0.556. The highest BCUT2D eigenvalue weighted by Gasteiger charge is 2.38. The largest absolute Gasteiger partial charge is 0.468 e. The van der Waals surface area contributed by atoms with Gasteiger partial charge in [-0.15, -0.1) is 0 Å². The molecule has 0 saturated heterocycles. The Morgan fingerprint density at radius 1 is 1.33 bits per heavy atom. The Balaban J connectivity index is 2.45. The lowest BCUT2D eigenvalue weighted by molar-refractivity contribution is -0.148. The SMILES string of the molecule is COCCN(CCCC(C)(NC1CC1)C(=O)OC)C(C)C. The van der Waals surface area contributed by atoms with Crippen LogP contribution in [0.1, 0.15) is 46.5 Å². The second-order valence-corrected chi connectivity index (χ2v) is 6.47. The third-order valence-electron chi connectivity index (χ3n) is 4.17. The Bertz CT molecular complexity index is 319. The summed E-state index contributed by atoms with van der Waals surface area (Å²) in [6.07, 6.45) is 4.09. The maximum Gasteiger partial charge on any atom is 0.325 e. The number of nitrogens with zero attached hydrogens (tertiary/aromatic N) is 1. The van der Waals surface area contributed by atoms with E-state index >= 15 is 0 Å². The number of hydrogen-bond donors (Lipinski definition) is 1. The first-order chi connectivity index (χ1) is 9.92. The Morgan fingerprint density at radius 3 is 2.48 bits per heavy atom.